The molecule has 1 aliphatic carbocycles. The fraction of sp³-hybridized carbons (Fsp3) is 0.381. The van der Waals surface area contributed by atoms with Crippen molar-refractivity contribution in [3.8, 4) is 23.2 Å². The highest BCUT2D eigenvalue weighted by Crippen LogP contribution is 2.28. The van der Waals surface area contributed by atoms with E-state index in [0.29, 0.717) is 35.4 Å². The number of imidazole rings is 1. The Balaban J connectivity index is 1.82. The molecule has 0 amide bonds. The highest BCUT2D eigenvalue weighted by atomic mass is 19.1. The Hall–Kier alpha value is -3.02. The first-order valence-corrected chi connectivity index (χ1v) is 9.65. The van der Waals surface area contributed by atoms with Crippen molar-refractivity contribution in [2.24, 2.45) is 0 Å². The van der Waals surface area contributed by atoms with E-state index in [1.807, 2.05) is 0 Å². The lowest BCUT2D eigenvalue weighted by Crippen LogP contribution is -2.29. The molecule has 150 valence electrons. The minimum Gasteiger partial charge on any atom is -0.395 e. The molecule has 0 radical (unpaired) electrons. The number of benzene rings is 1. The second-order valence-electron chi connectivity index (χ2n) is 7.27. The maximum absolute atomic E-state index is 13.7. The van der Waals surface area contributed by atoms with E-state index in [0.717, 1.165) is 19.3 Å². The van der Waals surface area contributed by atoms with E-state index in [4.69, 9.17) is 5.73 Å². The van der Waals surface area contributed by atoms with E-state index < -0.39 is 11.4 Å². The number of fused-ring (bicyclic) bond motifs is 1. The van der Waals surface area contributed by atoms with Crippen LogP contribution in [0.15, 0.2) is 24.3 Å². The molecule has 0 atom stereocenters. The quantitative estimate of drug-likeness (QED) is 0.587. The molecule has 3 aromatic rings. The SMILES string of the molecule is Nc1nc(C#CC2(O)CCCCC2)nc2c1nc(-c1cccc(F)c1)n2CCO. The molecule has 4 N–H and O–H groups in total. The van der Waals surface area contributed by atoms with Crippen LogP contribution >= 0.6 is 0 Å². The van der Waals surface area contributed by atoms with Crippen molar-refractivity contribution in [3.05, 3.63) is 35.9 Å². The van der Waals surface area contributed by atoms with Gasteiger partial charge in [0.25, 0.3) is 0 Å². The number of halogens is 1. The lowest BCUT2D eigenvalue weighted by molar-refractivity contribution is 0.0610. The van der Waals surface area contributed by atoms with Gasteiger partial charge in [-0.15, -0.1) is 0 Å². The van der Waals surface area contributed by atoms with Crippen LogP contribution in [0.25, 0.3) is 22.6 Å². The number of nitrogen functional groups attached to an aromatic ring is 1. The van der Waals surface area contributed by atoms with Gasteiger partial charge in [0.15, 0.2) is 17.0 Å². The average Bonchev–Trinajstić information content (AvgIpc) is 3.07. The predicted octanol–water partition coefficient (Wildman–Crippen LogP) is 2.25. The summed E-state index contributed by atoms with van der Waals surface area (Å²) in [4.78, 5) is 13.2. The maximum Gasteiger partial charge on any atom is 0.209 e. The smallest absolute Gasteiger partial charge is 0.209 e. The fourth-order valence-electron chi connectivity index (χ4n) is 3.67. The number of aliphatic hydroxyl groups is 2. The standard InChI is InChI=1S/C21H22FN5O2/c22-15-6-4-5-14(13-15)19-26-17-18(23)24-16(25-20(17)27(19)11-12-28)7-10-21(29)8-2-1-3-9-21/h4-6,13,28-29H,1-3,8-9,11-12H2,(H2,23,24,25). The summed E-state index contributed by atoms with van der Waals surface area (Å²) >= 11 is 0. The number of nitrogens with zero attached hydrogens (tertiary/aromatic N) is 4. The van der Waals surface area contributed by atoms with Crippen LogP contribution in [0.2, 0.25) is 0 Å². The first-order valence-electron chi connectivity index (χ1n) is 9.65. The predicted molar refractivity (Wildman–Crippen MR) is 107 cm³/mol. The van der Waals surface area contributed by atoms with Gasteiger partial charge in [-0.3, -0.25) is 0 Å². The molecule has 0 spiro atoms. The number of aliphatic hydroxyl groups excluding tert-OH is 1. The molecule has 0 saturated heterocycles. The zero-order valence-corrected chi connectivity index (χ0v) is 15.9. The second-order valence-corrected chi connectivity index (χ2v) is 7.27. The van der Waals surface area contributed by atoms with E-state index in [1.165, 1.54) is 12.1 Å². The highest BCUT2D eigenvalue weighted by molar-refractivity contribution is 5.85. The van der Waals surface area contributed by atoms with Gasteiger partial charge >= 0.3 is 0 Å². The van der Waals surface area contributed by atoms with Gasteiger partial charge in [-0.25, -0.2) is 19.3 Å². The van der Waals surface area contributed by atoms with Crippen LogP contribution < -0.4 is 5.73 Å². The molecular formula is C21H22FN5O2. The van der Waals surface area contributed by atoms with E-state index in [-0.39, 0.29) is 24.8 Å². The Morgan fingerprint density at radius 1 is 1.17 bits per heavy atom. The molecule has 8 heteroatoms. The molecule has 29 heavy (non-hydrogen) atoms. The van der Waals surface area contributed by atoms with Crippen molar-refractivity contribution in [2.75, 3.05) is 12.3 Å². The molecule has 1 saturated carbocycles. The summed E-state index contributed by atoms with van der Waals surface area (Å²) in [7, 11) is 0. The monoisotopic (exact) mass is 395 g/mol. The van der Waals surface area contributed by atoms with Gasteiger partial charge in [-0.1, -0.05) is 24.5 Å². The summed E-state index contributed by atoms with van der Waals surface area (Å²) in [6.45, 7) is 0.0497. The average molecular weight is 395 g/mol. The summed E-state index contributed by atoms with van der Waals surface area (Å²) in [5.74, 6) is 6.12. The number of hydrogen-bond donors (Lipinski definition) is 3. The molecule has 1 aliphatic rings. The van der Waals surface area contributed by atoms with E-state index in [2.05, 4.69) is 26.8 Å². The molecule has 2 heterocycles. The molecule has 1 aromatic carbocycles. The number of hydrogen-bond acceptors (Lipinski definition) is 6. The third-order valence-corrected chi connectivity index (χ3v) is 5.12. The zero-order valence-electron chi connectivity index (χ0n) is 15.9. The van der Waals surface area contributed by atoms with Crippen molar-refractivity contribution < 1.29 is 14.6 Å². The number of rotatable bonds is 3. The molecule has 2 aromatic heterocycles. The van der Waals surface area contributed by atoms with Crippen LogP contribution in [0.3, 0.4) is 0 Å². The molecule has 7 nitrogen and oxygen atoms in total. The third kappa shape index (κ3) is 3.92. The largest absolute Gasteiger partial charge is 0.395 e. The van der Waals surface area contributed by atoms with Crippen molar-refractivity contribution in [3.63, 3.8) is 0 Å². The van der Waals surface area contributed by atoms with Crippen molar-refractivity contribution in [2.45, 2.75) is 44.2 Å². The van der Waals surface area contributed by atoms with Gasteiger partial charge in [0.05, 0.1) is 6.61 Å². The summed E-state index contributed by atoms with van der Waals surface area (Å²) in [5.41, 5.74) is 6.38. The van der Waals surface area contributed by atoms with Crippen LogP contribution in [-0.4, -0.2) is 41.9 Å². The number of anilines is 1. The van der Waals surface area contributed by atoms with Gasteiger partial charge in [-0.05, 0) is 43.7 Å². The summed E-state index contributed by atoms with van der Waals surface area (Å²) in [5, 5.41) is 20.1. The zero-order chi connectivity index (χ0) is 20.4. The molecule has 1 fully saturated rings. The lowest BCUT2D eigenvalue weighted by atomic mass is 9.85. The Morgan fingerprint density at radius 2 is 1.97 bits per heavy atom. The Morgan fingerprint density at radius 3 is 2.69 bits per heavy atom. The number of nitrogens with two attached hydrogens (primary N) is 1. The fourth-order valence-corrected chi connectivity index (χ4v) is 3.67. The maximum atomic E-state index is 13.7. The Kier molecular flexibility index (Phi) is 5.18. The van der Waals surface area contributed by atoms with Crippen molar-refractivity contribution in [1.82, 2.24) is 19.5 Å². The van der Waals surface area contributed by atoms with E-state index >= 15 is 0 Å². The van der Waals surface area contributed by atoms with Crippen LogP contribution in [0.4, 0.5) is 10.2 Å². The highest BCUT2D eigenvalue weighted by Gasteiger charge is 2.26. The summed E-state index contributed by atoms with van der Waals surface area (Å²) in [6, 6.07) is 6.02. The van der Waals surface area contributed by atoms with E-state index in [9.17, 15) is 14.6 Å². The third-order valence-electron chi connectivity index (χ3n) is 5.12. The summed E-state index contributed by atoms with van der Waals surface area (Å²) < 4.78 is 15.4. The second kappa shape index (κ2) is 7.78. The number of aromatic nitrogens is 4. The molecule has 4 rings (SSSR count). The minimum atomic E-state index is -1.02. The van der Waals surface area contributed by atoms with Gasteiger partial charge in [-0.2, -0.15) is 0 Å². The minimum absolute atomic E-state index is 0.143. The molecular weight excluding hydrogens is 373 g/mol. The van der Waals surface area contributed by atoms with Gasteiger partial charge < -0.3 is 20.5 Å². The van der Waals surface area contributed by atoms with Crippen molar-refractivity contribution >= 4 is 17.0 Å². The normalized spacial score (nSPS) is 15.8. The van der Waals surface area contributed by atoms with Crippen LogP contribution in [0, 0.1) is 17.7 Å². The molecule has 0 aliphatic heterocycles. The van der Waals surface area contributed by atoms with Crippen LogP contribution in [-0.2, 0) is 6.54 Å². The first-order chi connectivity index (χ1) is 14.0. The van der Waals surface area contributed by atoms with Gasteiger partial charge in [0, 0.05) is 12.1 Å². The topological polar surface area (TPSA) is 110 Å². The van der Waals surface area contributed by atoms with Gasteiger partial charge in [0.1, 0.15) is 17.2 Å². The van der Waals surface area contributed by atoms with Crippen LogP contribution in [0.5, 0.6) is 0 Å². The van der Waals surface area contributed by atoms with Crippen molar-refractivity contribution in [1.29, 1.82) is 0 Å². The Labute approximate surface area is 167 Å². The Bertz CT molecular complexity index is 1110. The lowest BCUT2D eigenvalue weighted by Gasteiger charge is -2.26. The first kappa shape index (κ1) is 19.3. The van der Waals surface area contributed by atoms with Crippen LogP contribution in [0.1, 0.15) is 37.9 Å². The molecule has 0 bridgehead atoms. The summed E-state index contributed by atoms with van der Waals surface area (Å²) in [6.07, 6.45) is 4.23. The molecule has 0 unspecified atom stereocenters. The van der Waals surface area contributed by atoms with E-state index in [1.54, 1.807) is 16.7 Å². The van der Waals surface area contributed by atoms with Gasteiger partial charge in [0.2, 0.25) is 5.82 Å².